The summed E-state index contributed by atoms with van der Waals surface area (Å²) in [6.07, 6.45) is -7.38. The molecule has 0 radical (unpaired) electrons. The number of anilines is 2. The van der Waals surface area contributed by atoms with Crippen molar-refractivity contribution in [2.45, 2.75) is 73.9 Å². The number of imidazole rings is 3. The highest BCUT2D eigenvalue weighted by molar-refractivity contribution is 7.85. The molecule has 6 aromatic heterocycles. The van der Waals surface area contributed by atoms with E-state index in [0.717, 1.165) is 12.1 Å². The number of phenols is 3. The molecule has 0 bridgehead atoms. The number of hydrogen-bond acceptors (Lipinski definition) is 36. The number of amides is 3. The van der Waals surface area contributed by atoms with Crippen LogP contribution in [0.1, 0.15) is 56.2 Å². The van der Waals surface area contributed by atoms with Gasteiger partial charge in [-0.25, -0.2) is 43.5 Å². The van der Waals surface area contributed by atoms with E-state index in [1.807, 2.05) is 18.2 Å². The van der Waals surface area contributed by atoms with Crippen molar-refractivity contribution in [2.24, 2.45) is 0 Å². The first-order chi connectivity index (χ1) is 50.6. The molecule has 13 rings (SSSR count). The largest absolute Gasteiger partial charge is 0.507 e. The van der Waals surface area contributed by atoms with Gasteiger partial charge in [0.15, 0.2) is 45.9 Å². The fraction of sp³-hybridized carbons (Fsp3) is 0.300. The van der Waals surface area contributed by atoms with Crippen molar-refractivity contribution >= 4 is 93.8 Å². The Morgan fingerprint density at radius 2 is 0.915 bits per heavy atom. The minimum absolute atomic E-state index is 0.121. The summed E-state index contributed by atoms with van der Waals surface area (Å²) in [6.45, 7) is -2.08. The standard InChI is InChI=1S/C24H24N6O9S.C18H18FN5O9S.C18H19N5O8S/c1-37-22-17-20(27-24(28-22)26-13-7-3-2-4-8-13)30(12-25-17)23-19(33)18(32)16(39-23)11-38-40(35,36)29-21(34)14-9-5-6-10-15(14)31;1-31-17-12-15(20-6-21-17)24(7-22-12)18-14(27)13(26)11(33-18)5-32-34(29,30)23-16(28)9-3-2-8(19)4-10(9)25;1-29-18-15-16(19-8-20-18)23(9-21-15)14-6-12(25)13(31-14)7-30-32(27,28)22-17(26)10-4-2-3-5-11(10)24/h2-10,12,16,18-19,23,31-33H,11H2,1H3,(H,29,34)(H,26,27,28);2-4,6-7,11,13-14,18,25-27H,5H2,1H3,(H,23,28);2-5,8-9,12-14,24-25H,6-7H2,1H3,(H,22,26)/t16-,18-,19-,23-;11-,13-,14-,18-;12-,13+,14+/m110/s1. The lowest BCUT2D eigenvalue weighted by Gasteiger charge is -2.17. The summed E-state index contributed by atoms with van der Waals surface area (Å²) in [6, 6.07) is 22.3. The molecule has 562 valence electrons. The Morgan fingerprint density at radius 3 is 1.39 bits per heavy atom. The number of aliphatic hydroxyl groups excluding tert-OH is 5. The molecular weight excluding hydrogens is 1480 g/mol. The molecule has 42 nitrogen and oxygen atoms in total. The number of rotatable bonds is 23. The summed E-state index contributed by atoms with van der Waals surface area (Å²) in [4.78, 5) is 73.8. The van der Waals surface area contributed by atoms with Crippen LogP contribution in [-0.4, -0.2) is 232 Å². The van der Waals surface area contributed by atoms with Gasteiger partial charge in [0, 0.05) is 18.2 Å². The average Bonchev–Trinajstić information content (AvgIpc) is 1.56. The molecule has 3 fully saturated rings. The lowest BCUT2D eigenvalue weighted by molar-refractivity contribution is -0.0468. The summed E-state index contributed by atoms with van der Waals surface area (Å²) >= 11 is 0. The number of nitrogens with zero attached hydrogens (tertiary/aromatic N) is 12. The van der Waals surface area contributed by atoms with E-state index in [9.17, 15) is 84.9 Å². The summed E-state index contributed by atoms with van der Waals surface area (Å²) in [7, 11) is -9.70. The molecule has 3 amide bonds. The number of halogens is 1. The molecule has 0 spiro atoms. The number of aliphatic hydroxyl groups is 5. The number of hydrogen-bond donors (Lipinski definition) is 12. The molecule has 4 aromatic carbocycles. The first-order valence-electron chi connectivity index (χ1n) is 30.7. The molecule has 10 aromatic rings. The number of para-hydroxylation sites is 3. The lowest BCUT2D eigenvalue weighted by atomic mass is 10.1. The van der Waals surface area contributed by atoms with E-state index in [-0.39, 0.29) is 69.2 Å². The minimum Gasteiger partial charge on any atom is -0.507 e. The van der Waals surface area contributed by atoms with E-state index in [1.54, 1.807) is 30.9 Å². The summed E-state index contributed by atoms with van der Waals surface area (Å²) < 4.78 is 142. The van der Waals surface area contributed by atoms with Gasteiger partial charge in [-0.3, -0.25) is 40.6 Å². The number of benzene rings is 4. The van der Waals surface area contributed by atoms with Crippen LogP contribution >= 0.6 is 0 Å². The van der Waals surface area contributed by atoms with Crippen LogP contribution in [0.3, 0.4) is 0 Å². The van der Waals surface area contributed by atoms with Gasteiger partial charge in [-0.2, -0.15) is 45.2 Å². The first-order valence-corrected chi connectivity index (χ1v) is 34.9. The zero-order valence-corrected chi connectivity index (χ0v) is 57.1. The molecule has 3 aliphatic rings. The number of fused-ring (bicyclic) bond motifs is 3. The van der Waals surface area contributed by atoms with Gasteiger partial charge in [0.25, 0.3) is 17.7 Å². The lowest BCUT2D eigenvalue weighted by Crippen LogP contribution is -2.37. The maximum absolute atomic E-state index is 13.1. The molecule has 46 heteroatoms. The van der Waals surface area contributed by atoms with E-state index in [4.69, 9.17) is 41.0 Å². The van der Waals surface area contributed by atoms with Crippen LogP contribution in [0.25, 0.3) is 33.5 Å². The van der Waals surface area contributed by atoms with Gasteiger partial charge in [0.1, 0.15) is 84.7 Å². The molecule has 0 saturated carbocycles. The van der Waals surface area contributed by atoms with Crippen LogP contribution in [0.5, 0.6) is 34.9 Å². The van der Waals surface area contributed by atoms with Crippen molar-refractivity contribution < 1.29 is 126 Å². The molecule has 9 heterocycles. The van der Waals surface area contributed by atoms with Crippen molar-refractivity contribution in [1.82, 2.24) is 72.7 Å². The second kappa shape index (κ2) is 32.1. The van der Waals surface area contributed by atoms with Gasteiger partial charge in [-0.15, -0.1) is 0 Å². The molecule has 106 heavy (non-hydrogen) atoms. The zero-order valence-electron chi connectivity index (χ0n) is 54.7. The predicted octanol–water partition coefficient (Wildman–Crippen LogP) is -0.535. The fourth-order valence-electron chi connectivity index (χ4n) is 10.6. The number of aromatic nitrogens is 12. The van der Waals surface area contributed by atoms with Crippen LogP contribution < -0.4 is 33.7 Å². The third-order valence-corrected chi connectivity index (χ3v) is 18.3. The highest BCUT2D eigenvalue weighted by Crippen LogP contribution is 2.37. The van der Waals surface area contributed by atoms with Crippen LogP contribution in [0.2, 0.25) is 0 Å². The highest BCUT2D eigenvalue weighted by atomic mass is 32.2. The fourth-order valence-corrected chi connectivity index (χ4v) is 12.7. The summed E-state index contributed by atoms with van der Waals surface area (Å²) in [5.41, 5.74) is 1.44. The van der Waals surface area contributed by atoms with Crippen LogP contribution in [-0.2, 0) is 57.7 Å². The van der Waals surface area contributed by atoms with Crippen molar-refractivity contribution in [3.63, 3.8) is 0 Å². The molecule has 3 aliphatic heterocycles. The molecule has 3 saturated heterocycles. The Kier molecular flexibility index (Phi) is 23.0. The number of methoxy groups -OCH3 is 3. The van der Waals surface area contributed by atoms with Gasteiger partial charge in [0.2, 0.25) is 23.6 Å². The van der Waals surface area contributed by atoms with Crippen molar-refractivity contribution in [3.8, 4) is 34.9 Å². The Bertz CT molecular complexity index is 5230. The predicted molar refractivity (Wildman–Crippen MR) is 353 cm³/mol. The maximum Gasteiger partial charge on any atom is 0.362 e. The molecular formula is C60H61FN16O26S3. The second-order valence-corrected chi connectivity index (χ2v) is 26.6. The van der Waals surface area contributed by atoms with Crippen molar-refractivity contribution in [1.29, 1.82) is 0 Å². The summed E-state index contributed by atoms with van der Waals surface area (Å²) in [5.74, 6) is -5.12. The average molecular weight is 1540 g/mol. The van der Waals surface area contributed by atoms with Crippen LogP contribution in [0, 0.1) is 5.82 Å². The summed E-state index contributed by atoms with van der Waals surface area (Å²) in [5, 5.41) is 84.4. The van der Waals surface area contributed by atoms with Gasteiger partial charge in [-0.05, 0) is 48.5 Å². The Labute approximate surface area is 596 Å². The first kappa shape index (κ1) is 76.0. The number of aromatic hydroxyl groups is 3. The van der Waals surface area contributed by atoms with E-state index >= 15 is 0 Å². The quantitative estimate of drug-likeness (QED) is 0.0383. The van der Waals surface area contributed by atoms with E-state index in [2.05, 4.69) is 50.2 Å². The molecule has 0 aliphatic carbocycles. The van der Waals surface area contributed by atoms with Gasteiger partial charge >= 0.3 is 30.9 Å². The second-order valence-electron chi connectivity index (χ2n) is 22.5. The van der Waals surface area contributed by atoms with Crippen molar-refractivity contribution in [2.75, 3.05) is 46.5 Å². The topological polar surface area (TPSA) is 577 Å². The highest BCUT2D eigenvalue weighted by Gasteiger charge is 2.47. The smallest absolute Gasteiger partial charge is 0.362 e. The molecule has 0 unspecified atom stereocenters. The Morgan fingerprint density at radius 1 is 0.491 bits per heavy atom. The number of phenolic OH excluding ortho intramolecular Hbond substituents is 3. The SMILES string of the molecule is COc1nc(Nc2ccccc2)nc2c1ncn2[C@@H]1O[C@H](COS(=O)(=O)NC(=O)c2ccccc2O)[C@@H](O)[C@H]1O.COc1ncnc2c1ncn2[C@@H]1O[C@H](COS(=O)(=O)NC(=O)c2ccc(F)cc2O)[C@@H](O)[C@H]1O.COc1ncnc2c1ncn2[C@H]1C[C@H](O)[C@@H](COS(=O)(=O)NC(=O)c2ccccc2O)O1. The maximum atomic E-state index is 13.1. The number of nitrogens with one attached hydrogen (secondary N) is 4. The van der Waals surface area contributed by atoms with Crippen molar-refractivity contribution in [3.05, 3.63) is 151 Å². The third-order valence-electron chi connectivity index (χ3n) is 15.7. The van der Waals surface area contributed by atoms with Crippen LogP contribution in [0.15, 0.2) is 129 Å². The Hall–Kier alpha value is -11.1. The van der Waals surface area contributed by atoms with Gasteiger partial charge < -0.3 is 74.6 Å². The monoisotopic (exact) mass is 1540 g/mol. The van der Waals surface area contributed by atoms with Gasteiger partial charge in [0.05, 0.1) is 82.9 Å². The normalized spacial score (nSPS) is 21.5. The van der Waals surface area contributed by atoms with E-state index < -0.39 is 159 Å². The third kappa shape index (κ3) is 17.1. The van der Waals surface area contributed by atoms with Gasteiger partial charge in [-0.1, -0.05) is 42.5 Å². The number of ether oxygens (including phenoxy) is 6. The Balaban J connectivity index is 0.000000160. The van der Waals surface area contributed by atoms with Crippen LogP contribution in [0.4, 0.5) is 16.0 Å². The molecule has 11 atom stereocenters. The molecule has 12 N–H and O–H groups in total. The zero-order chi connectivity index (χ0) is 75.9. The number of carbonyl (C=O) groups excluding carboxylic acids is 3. The van der Waals surface area contributed by atoms with E-state index in [0.29, 0.717) is 22.9 Å². The van der Waals surface area contributed by atoms with E-state index in [1.165, 1.54) is 111 Å². The number of carbonyl (C=O) groups is 3. The minimum atomic E-state index is -4.73.